The van der Waals surface area contributed by atoms with Crippen LogP contribution in [0.25, 0.3) is 21.9 Å². The van der Waals surface area contributed by atoms with Crippen LogP contribution in [-0.4, -0.2) is 36.6 Å². The Kier molecular flexibility index (Phi) is 8.51. The molecule has 1 amide bonds. The summed E-state index contributed by atoms with van der Waals surface area (Å²) in [7, 11) is 1.32. The number of methoxy groups -OCH3 is 1. The summed E-state index contributed by atoms with van der Waals surface area (Å²) < 4.78 is 11.0. The van der Waals surface area contributed by atoms with Gasteiger partial charge in [-0.1, -0.05) is 86.3 Å². The number of nitrogens with zero attached hydrogens (tertiary/aromatic N) is 1. The van der Waals surface area contributed by atoms with Crippen LogP contribution in [0.5, 0.6) is 5.75 Å². The molecule has 1 aliphatic carbocycles. The number of hydrogen-bond donors (Lipinski definition) is 1. The number of carbonyl (C=O) groups excluding carboxylic acids is 2. The van der Waals surface area contributed by atoms with Crippen molar-refractivity contribution in [2.75, 3.05) is 13.7 Å². The standard InChI is InChI=1S/C33H34N2O4/c1-38-33(37)31(19-24-11-13-26(14-12-24)25-9-3-2-4-10-25)35-32(36)30-21-27-15-16-29(20-28(27)22-34-30)39-18-17-23-7-5-6-8-23/h2-4,9-16,20-23,31H,5-8,17-19H2,1H3,(H,35,36)/t31-/m0/s1. The number of rotatable bonds is 10. The monoisotopic (exact) mass is 522 g/mol. The Labute approximate surface area is 229 Å². The number of nitrogens with one attached hydrogen (secondary N) is 1. The number of benzene rings is 3. The molecule has 0 radical (unpaired) electrons. The van der Waals surface area contributed by atoms with Crippen molar-refractivity contribution in [1.29, 1.82) is 0 Å². The van der Waals surface area contributed by atoms with Crippen molar-refractivity contribution >= 4 is 22.6 Å². The molecule has 0 bridgehead atoms. The predicted octanol–water partition coefficient (Wildman–Crippen LogP) is 6.38. The number of esters is 1. The summed E-state index contributed by atoms with van der Waals surface area (Å²) in [6.45, 7) is 0.716. The van der Waals surface area contributed by atoms with E-state index in [1.165, 1.54) is 32.8 Å². The normalized spacial score (nSPS) is 14.2. The largest absolute Gasteiger partial charge is 0.494 e. The Hall–Kier alpha value is -4.19. The van der Waals surface area contributed by atoms with E-state index in [4.69, 9.17) is 9.47 Å². The Bertz CT molecular complexity index is 1410. The second-order valence-electron chi connectivity index (χ2n) is 10.2. The van der Waals surface area contributed by atoms with E-state index >= 15 is 0 Å². The van der Waals surface area contributed by atoms with Gasteiger partial charge in [0.2, 0.25) is 0 Å². The van der Waals surface area contributed by atoms with Crippen molar-refractivity contribution in [3.05, 3.63) is 96.3 Å². The Morgan fingerprint density at radius 2 is 1.67 bits per heavy atom. The number of ether oxygens (including phenoxy) is 2. The molecule has 1 atom stereocenters. The van der Waals surface area contributed by atoms with Gasteiger partial charge in [-0.2, -0.15) is 0 Å². The quantitative estimate of drug-likeness (QED) is 0.245. The molecule has 1 fully saturated rings. The van der Waals surface area contributed by atoms with Gasteiger partial charge in [0, 0.05) is 18.0 Å². The van der Waals surface area contributed by atoms with Gasteiger partial charge in [0.05, 0.1) is 13.7 Å². The van der Waals surface area contributed by atoms with Gasteiger partial charge in [0.15, 0.2) is 0 Å². The van der Waals surface area contributed by atoms with E-state index in [0.717, 1.165) is 45.6 Å². The summed E-state index contributed by atoms with van der Waals surface area (Å²) in [5, 5.41) is 4.58. The van der Waals surface area contributed by atoms with Crippen molar-refractivity contribution in [3.8, 4) is 16.9 Å². The maximum Gasteiger partial charge on any atom is 0.328 e. The smallest absolute Gasteiger partial charge is 0.328 e. The van der Waals surface area contributed by atoms with Crippen molar-refractivity contribution in [3.63, 3.8) is 0 Å². The topological polar surface area (TPSA) is 77.5 Å². The van der Waals surface area contributed by atoms with E-state index in [9.17, 15) is 9.59 Å². The molecule has 1 aliphatic rings. The first-order valence-corrected chi connectivity index (χ1v) is 13.6. The summed E-state index contributed by atoms with van der Waals surface area (Å²) in [6, 6.07) is 24.7. The van der Waals surface area contributed by atoms with E-state index in [1.807, 2.05) is 72.8 Å². The molecule has 3 aromatic carbocycles. The van der Waals surface area contributed by atoms with E-state index < -0.39 is 17.9 Å². The van der Waals surface area contributed by atoms with Crippen molar-refractivity contribution in [2.45, 2.75) is 44.6 Å². The highest BCUT2D eigenvalue weighted by Gasteiger charge is 2.23. The lowest BCUT2D eigenvalue weighted by Crippen LogP contribution is -2.43. The first-order valence-electron chi connectivity index (χ1n) is 13.6. The third kappa shape index (κ3) is 6.82. The van der Waals surface area contributed by atoms with Crippen LogP contribution in [0.4, 0.5) is 0 Å². The van der Waals surface area contributed by atoms with Crippen LogP contribution >= 0.6 is 0 Å². The molecule has 0 aliphatic heterocycles. The second-order valence-corrected chi connectivity index (χ2v) is 10.2. The molecule has 0 saturated heterocycles. The number of fused-ring (bicyclic) bond motifs is 1. The molecule has 4 aromatic rings. The summed E-state index contributed by atoms with van der Waals surface area (Å²) in [4.78, 5) is 30.0. The summed E-state index contributed by atoms with van der Waals surface area (Å²) in [5.74, 6) is 0.667. The average molecular weight is 523 g/mol. The molecule has 39 heavy (non-hydrogen) atoms. The summed E-state index contributed by atoms with van der Waals surface area (Å²) in [6.07, 6.45) is 8.37. The van der Waals surface area contributed by atoms with Crippen LogP contribution in [0.2, 0.25) is 0 Å². The number of aromatic nitrogens is 1. The fourth-order valence-corrected chi connectivity index (χ4v) is 5.24. The van der Waals surface area contributed by atoms with E-state index in [2.05, 4.69) is 10.3 Å². The maximum atomic E-state index is 13.1. The first kappa shape index (κ1) is 26.4. The van der Waals surface area contributed by atoms with E-state index in [0.29, 0.717) is 13.0 Å². The molecule has 1 N–H and O–H groups in total. The van der Waals surface area contributed by atoms with Gasteiger partial charge in [-0.15, -0.1) is 0 Å². The molecule has 5 rings (SSSR count). The molecular formula is C33H34N2O4. The van der Waals surface area contributed by atoms with Gasteiger partial charge in [-0.05, 0) is 52.6 Å². The SMILES string of the molecule is COC(=O)[C@H](Cc1ccc(-c2ccccc2)cc1)NC(=O)c1cc2ccc(OCCC3CCCC3)cc2cn1. The fraction of sp³-hybridized carbons (Fsp3) is 0.303. The number of amides is 1. The van der Waals surface area contributed by atoms with Crippen LogP contribution < -0.4 is 10.1 Å². The third-order valence-electron chi connectivity index (χ3n) is 7.49. The Morgan fingerprint density at radius 1 is 0.923 bits per heavy atom. The third-order valence-corrected chi connectivity index (χ3v) is 7.49. The highest BCUT2D eigenvalue weighted by molar-refractivity contribution is 5.98. The van der Waals surface area contributed by atoms with E-state index in [1.54, 1.807) is 12.3 Å². The van der Waals surface area contributed by atoms with Gasteiger partial charge in [0.1, 0.15) is 17.5 Å². The van der Waals surface area contributed by atoms with Crippen LogP contribution in [0.3, 0.4) is 0 Å². The molecular weight excluding hydrogens is 488 g/mol. The molecule has 200 valence electrons. The Morgan fingerprint density at radius 3 is 2.41 bits per heavy atom. The van der Waals surface area contributed by atoms with Gasteiger partial charge in [0.25, 0.3) is 5.91 Å². The predicted molar refractivity (Wildman–Crippen MR) is 153 cm³/mol. The van der Waals surface area contributed by atoms with Crippen molar-refractivity contribution in [2.24, 2.45) is 5.92 Å². The number of pyridine rings is 1. The van der Waals surface area contributed by atoms with Gasteiger partial charge < -0.3 is 14.8 Å². The molecule has 0 unspecified atom stereocenters. The number of carbonyl (C=O) groups is 2. The average Bonchev–Trinajstić information content (AvgIpc) is 3.50. The lowest BCUT2D eigenvalue weighted by Gasteiger charge is -2.17. The van der Waals surface area contributed by atoms with Crippen molar-refractivity contribution < 1.29 is 19.1 Å². The minimum absolute atomic E-state index is 0.241. The minimum Gasteiger partial charge on any atom is -0.494 e. The number of hydrogen-bond acceptors (Lipinski definition) is 5. The maximum absolute atomic E-state index is 13.1. The van der Waals surface area contributed by atoms with Crippen LogP contribution in [-0.2, 0) is 16.0 Å². The van der Waals surface area contributed by atoms with Gasteiger partial charge >= 0.3 is 5.97 Å². The second kappa shape index (κ2) is 12.6. The zero-order chi connectivity index (χ0) is 27.0. The van der Waals surface area contributed by atoms with Gasteiger partial charge in [-0.25, -0.2) is 4.79 Å². The van der Waals surface area contributed by atoms with Crippen LogP contribution in [0, 0.1) is 5.92 Å². The minimum atomic E-state index is -0.835. The van der Waals surface area contributed by atoms with Crippen molar-refractivity contribution in [1.82, 2.24) is 10.3 Å². The molecule has 6 nitrogen and oxygen atoms in total. The fourth-order valence-electron chi connectivity index (χ4n) is 5.24. The van der Waals surface area contributed by atoms with Crippen LogP contribution in [0.1, 0.15) is 48.2 Å². The molecule has 0 spiro atoms. The lowest BCUT2D eigenvalue weighted by molar-refractivity contribution is -0.142. The zero-order valence-corrected chi connectivity index (χ0v) is 22.3. The van der Waals surface area contributed by atoms with Crippen LogP contribution in [0.15, 0.2) is 85.1 Å². The molecule has 6 heteroatoms. The highest BCUT2D eigenvalue weighted by Crippen LogP contribution is 2.28. The lowest BCUT2D eigenvalue weighted by atomic mass is 10.0. The van der Waals surface area contributed by atoms with Gasteiger partial charge in [-0.3, -0.25) is 9.78 Å². The Balaban J connectivity index is 1.23. The zero-order valence-electron chi connectivity index (χ0n) is 22.3. The highest BCUT2D eigenvalue weighted by atomic mass is 16.5. The van der Waals surface area contributed by atoms with E-state index in [-0.39, 0.29) is 5.69 Å². The summed E-state index contributed by atoms with van der Waals surface area (Å²) >= 11 is 0. The molecule has 1 aromatic heterocycles. The first-order chi connectivity index (χ1) is 19.1. The summed E-state index contributed by atoms with van der Waals surface area (Å²) in [5.41, 5.74) is 3.36. The molecule has 1 saturated carbocycles. The molecule has 1 heterocycles.